The van der Waals surface area contributed by atoms with Gasteiger partial charge in [-0.25, -0.2) is 4.39 Å². The van der Waals surface area contributed by atoms with E-state index in [1.165, 1.54) is 6.07 Å². The quantitative estimate of drug-likeness (QED) is 0.647. The van der Waals surface area contributed by atoms with E-state index < -0.39 is 0 Å². The number of aryl methyl sites for hydroxylation is 1. The summed E-state index contributed by atoms with van der Waals surface area (Å²) in [6.45, 7) is 1.94. The van der Waals surface area contributed by atoms with Crippen molar-refractivity contribution in [3.63, 3.8) is 0 Å². The third-order valence-corrected chi connectivity index (χ3v) is 5.18. The molecule has 2 heterocycles. The van der Waals surface area contributed by atoms with Crippen molar-refractivity contribution in [1.82, 2.24) is 10.2 Å². The van der Waals surface area contributed by atoms with Crippen LogP contribution in [0.4, 0.5) is 10.2 Å². The number of benzene rings is 2. The van der Waals surface area contributed by atoms with Gasteiger partial charge in [0.05, 0.1) is 11.7 Å². The molecule has 5 heteroatoms. The number of hydrogen-bond donors (Lipinski definition) is 0. The van der Waals surface area contributed by atoms with E-state index in [1.54, 1.807) is 6.07 Å². The van der Waals surface area contributed by atoms with E-state index in [1.807, 2.05) is 44.1 Å². The van der Waals surface area contributed by atoms with Crippen LogP contribution in [0, 0.1) is 12.7 Å². The number of nitrogens with zero attached hydrogens (tertiary/aromatic N) is 4. The van der Waals surface area contributed by atoms with Crippen molar-refractivity contribution in [2.24, 2.45) is 4.99 Å². The summed E-state index contributed by atoms with van der Waals surface area (Å²) in [6, 6.07) is 17.5. The maximum Gasteiger partial charge on any atom is 0.150 e. The van der Waals surface area contributed by atoms with Gasteiger partial charge in [0.2, 0.25) is 0 Å². The molecule has 0 aliphatic carbocycles. The maximum absolute atomic E-state index is 14.3. The Bertz CT molecular complexity index is 988. The van der Waals surface area contributed by atoms with Crippen LogP contribution in [0.15, 0.2) is 59.6 Å². The highest BCUT2D eigenvalue weighted by atomic mass is 19.1. The molecule has 1 aliphatic rings. The first-order valence-corrected chi connectivity index (χ1v) is 9.46. The summed E-state index contributed by atoms with van der Waals surface area (Å²) < 4.78 is 14.3. The van der Waals surface area contributed by atoms with Crippen LogP contribution >= 0.6 is 0 Å². The molecule has 0 bridgehead atoms. The Morgan fingerprint density at radius 3 is 2.39 bits per heavy atom. The first kappa shape index (κ1) is 18.3. The molecule has 4 nitrogen and oxygen atoms in total. The van der Waals surface area contributed by atoms with Crippen LogP contribution < -0.4 is 4.90 Å². The van der Waals surface area contributed by atoms with E-state index in [9.17, 15) is 4.39 Å². The summed E-state index contributed by atoms with van der Waals surface area (Å²) in [5, 5.41) is 8.54. The molecule has 1 aromatic heterocycles. The lowest BCUT2D eigenvalue weighted by Crippen LogP contribution is -2.11. The highest BCUT2D eigenvalue weighted by Crippen LogP contribution is 2.33. The van der Waals surface area contributed by atoms with Gasteiger partial charge in [0.15, 0.2) is 5.82 Å². The van der Waals surface area contributed by atoms with Crippen LogP contribution in [0.2, 0.25) is 0 Å². The SMILES string of the molecule is Cc1cccc(F)c1C1=NC(c2ccc(-c3ccc(N(C)C)nn3)cc2)CC1. The van der Waals surface area contributed by atoms with Crippen molar-refractivity contribution in [1.29, 1.82) is 0 Å². The average Bonchev–Trinajstić information content (AvgIpc) is 3.18. The molecule has 0 amide bonds. The van der Waals surface area contributed by atoms with Crippen LogP contribution in [-0.2, 0) is 0 Å². The van der Waals surface area contributed by atoms with Crippen LogP contribution in [0.3, 0.4) is 0 Å². The van der Waals surface area contributed by atoms with E-state index in [4.69, 9.17) is 4.99 Å². The Balaban J connectivity index is 1.55. The van der Waals surface area contributed by atoms with Gasteiger partial charge in [-0.2, -0.15) is 0 Å². The van der Waals surface area contributed by atoms with Gasteiger partial charge in [-0.1, -0.05) is 36.4 Å². The second-order valence-electron chi connectivity index (χ2n) is 7.36. The minimum atomic E-state index is -0.186. The highest BCUT2D eigenvalue weighted by molar-refractivity contribution is 6.03. The van der Waals surface area contributed by atoms with E-state index in [0.29, 0.717) is 5.56 Å². The number of anilines is 1. The Labute approximate surface area is 164 Å². The van der Waals surface area contributed by atoms with E-state index in [0.717, 1.165) is 46.8 Å². The molecule has 2 aromatic carbocycles. The van der Waals surface area contributed by atoms with Crippen LogP contribution in [0.5, 0.6) is 0 Å². The van der Waals surface area contributed by atoms with Crippen molar-refractivity contribution in [3.8, 4) is 11.3 Å². The Hall–Kier alpha value is -3.08. The van der Waals surface area contributed by atoms with Gasteiger partial charge >= 0.3 is 0 Å². The van der Waals surface area contributed by atoms with Crippen LogP contribution in [0.25, 0.3) is 11.3 Å². The largest absolute Gasteiger partial charge is 0.361 e. The van der Waals surface area contributed by atoms with Gasteiger partial charge in [-0.15, -0.1) is 10.2 Å². The molecule has 142 valence electrons. The summed E-state index contributed by atoms with van der Waals surface area (Å²) in [4.78, 5) is 6.75. The Morgan fingerprint density at radius 2 is 1.75 bits per heavy atom. The minimum Gasteiger partial charge on any atom is -0.361 e. The number of rotatable bonds is 4. The number of halogens is 1. The fourth-order valence-corrected chi connectivity index (χ4v) is 3.61. The fraction of sp³-hybridized carbons (Fsp3) is 0.261. The molecular weight excluding hydrogens is 351 g/mol. The zero-order valence-electron chi connectivity index (χ0n) is 16.4. The van der Waals surface area contributed by atoms with Crippen molar-refractivity contribution < 1.29 is 4.39 Å². The maximum atomic E-state index is 14.3. The van der Waals surface area contributed by atoms with Gasteiger partial charge < -0.3 is 4.90 Å². The molecule has 28 heavy (non-hydrogen) atoms. The first-order valence-electron chi connectivity index (χ1n) is 9.46. The van der Waals surface area contributed by atoms with Gasteiger partial charge in [0, 0.05) is 30.9 Å². The van der Waals surface area contributed by atoms with Crippen LogP contribution in [-0.4, -0.2) is 30.0 Å². The van der Waals surface area contributed by atoms with Gasteiger partial charge in [0.1, 0.15) is 5.82 Å². The third-order valence-electron chi connectivity index (χ3n) is 5.18. The molecule has 0 N–H and O–H groups in total. The molecule has 4 rings (SSSR count). The monoisotopic (exact) mass is 374 g/mol. The highest BCUT2D eigenvalue weighted by Gasteiger charge is 2.23. The van der Waals surface area contributed by atoms with Gasteiger partial charge in [-0.3, -0.25) is 4.99 Å². The number of hydrogen-bond acceptors (Lipinski definition) is 4. The predicted octanol–water partition coefficient (Wildman–Crippen LogP) is 4.98. The summed E-state index contributed by atoms with van der Waals surface area (Å²) in [6.07, 6.45) is 1.70. The molecule has 3 aromatic rings. The molecule has 0 radical (unpaired) electrons. The zero-order valence-corrected chi connectivity index (χ0v) is 16.4. The molecule has 1 aliphatic heterocycles. The zero-order chi connectivity index (χ0) is 19.7. The van der Waals surface area contributed by atoms with E-state index in [2.05, 4.69) is 34.5 Å². The summed E-state index contributed by atoms with van der Waals surface area (Å²) in [5.74, 6) is 0.645. The normalized spacial score (nSPS) is 16.1. The second-order valence-corrected chi connectivity index (χ2v) is 7.36. The smallest absolute Gasteiger partial charge is 0.150 e. The Morgan fingerprint density at radius 1 is 0.964 bits per heavy atom. The summed E-state index contributed by atoms with van der Waals surface area (Å²) in [7, 11) is 3.88. The average molecular weight is 374 g/mol. The first-order chi connectivity index (χ1) is 13.5. The number of aromatic nitrogens is 2. The lowest BCUT2D eigenvalue weighted by atomic mass is 9.99. The summed E-state index contributed by atoms with van der Waals surface area (Å²) in [5.41, 5.74) is 5.48. The van der Waals surface area contributed by atoms with Crippen molar-refractivity contribution >= 4 is 11.5 Å². The molecule has 1 atom stereocenters. The number of aliphatic imine (C=N–C) groups is 1. The molecule has 0 saturated heterocycles. The Kier molecular flexibility index (Phi) is 4.90. The van der Waals surface area contributed by atoms with Gasteiger partial charge in [0.25, 0.3) is 0 Å². The van der Waals surface area contributed by atoms with Crippen molar-refractivity contribution in [2.75, 3.05) is 19.0 Å². The lowest BCUT2D eigenvalue weighted by molar-refractivity contribution is 0.623. The molecule has 1 unspecified atom stereocenters. The lowest BCUT2D eigenvalue weighted by Gasteiger charge is -2.11. The molecule has 0 fully saturated rings. The third kappa shape index (κ3) is 3.52. The van der Waals surface area contributed by atoms with Crippen LogP contribution in [0.1, 0.15) is 35.6 Å². The van der Waals surface area contributed by atoms with E-state index in [-0.39, 0.29) is 11.9 Å². The predicted molar refractivity (Wildman–Crippen MR) is 111 cm³/mol. The fourth-order valence-electron chi connectivity index (χ4n) is 3.61. The standard InChI is InChI=1S/C23H23FN4/c1-15-5-4-6-18(24)23(15)21-12-11-19(25-21)16-7-9-17(10-8-16)20-13-14-22(27-26-20)28(2)3/h4-10,13-14,19H,11-12H2,1-3H3. The summed E-state index contributed by atoms with van der Waals surface area (Å²) >= 11 is 0. The van der Waals surface area contributed by atoms with Gasteiger partial charge in [-0.05, 0) is 49.1 Å². The molecule has 0 saturated carbocycles. The topological polar surface area (TPSA) is 41.4 Å². The van der Waals surface area contributed by atoms with Crippen molar-refractivity contribution in [2.45, 2.75) is 25.8 Å². The van der Waals surface area contributed by atoms with Crippen molar-refractivity contribution in [3.05, 3.63) is 77.1 Å². The molecule has 0 spiro atoms. The molecular formula is C23H23FN4. The minimum absolute atomic E-state index is 0.0743. The second kappa shape index (κ2) is 7.50. The van der Waals surface area contributed by atoms with E-state index >= 15 is 0 Å².